The van der Waals surface area contributed by atoms with Gasteiger partial charge < -0.3 is 0 Å². The molecule has 0 unspecified atom stereocenters. The molecule has 0 aliphatic heterocycles. The molecule has 0 heterocycles. The molecule has 0 fully saturated rings. The van der Waals surface area contributed by atoms with Crippen LogP contribution in [0.5, 0.6) is 0 Å². The average molecular weight is 755 g/mol. The number of benzene rings is 7. The smallest absolute Gasteiger partial charge is 0.0257 e. The number of hydrogen-bond donors (Lipinski definition) is 0. The van der Waals surface area contributed by atoms with E-state index in [4.69, 9.17) is 0 Å². The molecule has 290 valence electrons. The lowest BCUT2D eigenvalue weighted by Gasteiger charge is -1.87. The molecule has 0 nitrogen and oxygen atoms in total. The highest BCUT2D eigenvalue weighted by Gasteiger charge is 1.80. The van der Waals surface area contributed by atoms with Gasteiger partial charge in [0.1, 0.15) is 0 Å². The van der Waals surface area contributed by atoms with E-state index in [2.05, 4.69) is 58.2 Å². The zero-order valence-electron chi connectivity index (χ0n) is 33.9. The van der Waals surface area contributed by atoms with Crippen molar-refractivity contribution >= 4 is 42.5 Å². The predicted molar refractivity (Wildman–Crippen MR) is 265 cm³/mol. The molecule has 0 aliphatic carbocycles. The Balaban J connectivity index is 0.000000339. The first-order valence-electron chi connectivity index (χ1n) is 18.9. The maximum atomic E-state index is 3.63. The standard InChI is InChI=1S/C10H10.6C8H8/c1-2-3-7-10-8-5-4-6-9-10;6*1-2-8-6-4-3-5-7-8/h2-9H,1H2;6*2-7H,1H2. The number of allylic oxidation sites excluding steroid dienone is 2. The second-order valence-corrected chi connectivity index (χ2v) is 11.7. The summed E-state index contributed by atoms with van der Waals surface area (Å²) in [5, 5.41) is 0. The van der Waals surface area contributed by atoms with Crippen molar-refractivity contribution in [2.45, 2.75) is 0 Å². The van der Waals surface area contributed by atoms with Gasteiger partial charge in [-0.1, -0.05) is 313 Å². The summed E-state index contributed by atoms with van der Waals surface area (Å²) in [4.78, 5) is 0. The van der Waals surface area contributed by atoms with E-state index >= 15 is 0 Å². The third kappa shape index (κ3) is 26.3. The van der Waals surface area contributed by atoms with Crippen molar-refractivity contribution in [3.05, 3.63) is 309 Å². The lowest BCUT2D eigenvalue weighted by atomic mass is 10.2. The second-order valence-electron chi connectivity index (χ2n) is 11.7. The lowest BCUT2D eigenvalue weighted by molar-refractivity contribution is 1.66. The van der Waals surface area contributed by atoms with Gasteiger partial charge in [-0.15, -0.1) is 0 Å². The van der Waals surface area contributed by atoms with Crippen LogP contribution in [-0.4, -0.2) is 0 Å². The second kappa shape index (κ2) is 35.2. The van der Waals surface area contributed by atoms with E-state index in [0.717, 1.165) is 0 Å². The summed E-state index contributed by atoms with van der Waals surface area (Å²) in [7, 11) is 0. The molecule has 0 radical (unpaired) electrons. The fraction of sp³-hybridized carbons (Fsp3) is 0. The van der Waals surface area contributed by atoms with Crippen LogP contribution in [0, 0.1) is 0 Å². The van der Waals surface area contributed by atoms with Gasteiger partial charge in [-0.3, -0.25) is 0 Å². The molecule has 0 bridgehead atoms. The molecule has 0 N–H and O–H groups in total. The minimum Gasteiger partial charge on any atom is -0.0991 e. The summed E-state index contributed by atoms with van der Waals surface area (Å²) in [6, 6.07) is 70.3. The monoisotopic (exact) mass is 754 g/mol. The molecule has 7 rings (SSSR count). The SMILES string of the molecule is C=CC=Cc1ccccc1.C=Cc1ccccc1.C=Cc1ccccc1.C=Cc1ccccc1.C=Cc1ccccc1.C=Cc1ccccc1.C=Cc1ccccc1. The van der Waals surface area contributed by atoms with Crippen LogP contribution in [0.2, 0.25) is 0 Å². The molecule has 7 aromatic carbocycles. The first-order chi connectivity index (χ1) is 28.5. The van der Waals surface area contributed by atoms with Gasteiger partial charge >= 0.3 is 0 Å². The van der Waals surface area contributed by atoms with Gasteiger partial charge in [0.05, 0.1) is 0 Å². The van der Waals surface area contributed by atoms with Gasteiger partial charge in [0, 0.05) is 0 Å². The van der Waals surface area contributed by atoms with E-state index in [1.807, 2.05) is 249 Å². The molecule has 0 heteroatoms. The molecule has 0 saturated carbocycles. The minimum absolute atomic E-state index is 1.17. The van der Waals surface area contributed by atoms with Gasteiger partial charge in [0.15, 0.2) is 0 Å². The van der Waals surface area contributed by atoms with Crippen LogP contribution in [0.1, 0.15) is 38.9 Å². The molecule has 0 saturated heterocycles. The van der Waals surface area contributed by atoms with E-state index in [1.165, 1.54) is 38.9 Å². The molecule has 0 aliphatic rings. The van der Waals surface area contributed by atoms with Crippen LogP contribution in [0.3, 0.4) is 0 Å². The average Bonchev–Trinajstić information content (AvgIpc) is 3.34. The Kier molecular flexibility index (Phi) is 29.4. The predicted octanol–water partition coefficient (Wildman–Crippen LogP) is 16.9. The number of rotatable bonds is 8. The highest BCUT2D eigenvalue weighted by molar-refractivity contribution is 5.51. The third-order valence-electron chi connectivity index (χ3n) is 7.44. The van der Waals surface area contributed by atoms with Crippen molar-refractivity contribution in [1.82, 2.24) is 0 Å². The van der Waals surface area contributed by atoms with E-state index in [9.17, 15) is 0 Å². The summed E-state index contributed by atoms with van der Waals surface area (Å²) in [5.74, 6) is 0. The third-order valence-corrected chi connectivity index (χ3v) is 7.44. The zero-order valence-corrected chi connectivity index (χ0v) is 33.9. The Labute approximate surface area is 350 Å². The van der Waals surface area contributed by atoms with E-state index in [-0.39, 0.29) is 0 Å². The van der Waals surface area contributed by atoms with Crippen molar-refractivity contribution < 1.29 is 0 Å². The maximum absolute atomic E-state index is 3.63. The molecular weight excluding hydrogens is 697 g/mol. The van der Waals surface area contributed by atoms with Crippen LogP contribution in [0.25, 0.3) is 42.5 Å². The van der Waals surface area contributed by atoms with Crippen LogP contribution in [0.4, 0.5) is 0 Å². The fourth-order valence-electron chi connectivity index (χ4n) is 4.28. The first kappa shape index (κ1) is 48.5. The topological polar surface area (TPSA) is 0 Å². The summed E-state index contributed by atoms with van der Waals surface area (Å²) >= 11 is 0. The van der Waals surface area contributed by atoms with Crippen LogP contribution < -0.4 is 0 Å². The summed E-state index contributed by atoms with van der Waals surface area (Å²) < 4.78 is 0. The van der Waals surface area contributed by atoms with Crippen LogP contribution >= 0.6 is 0 Å². The van der Waals surface area contributed by atoms with Crippen molar-refractivity contribution in [2.75, 3.05) is 0 Å². The fourth-order valence-corrected chi connectivity index (χ4v) is 4.28. The largest absolute Gasteiger partial charge is 0.0991 e. The molecule has 0 aromatic heterocycles. The van der Waals surface area contributed by atoms with E-state index in [0.29, 0.717) is 0 Å². The lowest BCUT2D eigenvalue weighted by Crippen LogP contribution is -1.65. The number of hydrogen-bond acceptors (Lipinski definition) is 0. The zero-order chi connectivity index (χ0) is 42.2. The van der Waals surface area contributed by atoms with Gasteiger partial charge in [-0.25, -0.2) is 0 Å². The van der Waals surface area contributed by atoms with Gasteiger partial charge in [-0.05, 0) is 38.9 Å². The van der Waals surface area contributed by atoms with E-state index < -0.39 is 0 Å². The van der Waals surface area contributed by atoms with Crippen LogP contribution in [0.15, 0.2) is 271 Å². The van der Waals surface area contributed by atoms with Crippen molar-refractivity contribution in [1.29, 1.82) is 0 Å². The minimum atomic E-state index is 1.17. The molecular formula is C58H58. The summed E-state index contributed by atoms with van der Waals surface area (Å²) in [6.45, 7) is 25.4. The highest BCUT2D eigenvalue weighted by Crippen LogP contribution is 2.02. The van der Waals surface area contributed by atoms with Gasteiger partial charge in [0.2, 0.25) is 0 Å². The molecule has 0 spiro atoms. The molecule has 7 aromatic rings. The normalized spacial score (nSPS) is 8.76. The van der Waals surface area contributed by atoms with Crippen LogP contribution in [-0.2, 0) is 0 Å². The Bertz CT molecular complexity index is 1740. The maximum Gasteiger partial charge on any atom is -0.0257 e. The quantitative estimate of drug-likeness (QED) is 0.136. The summed E-state index contributed by atoms with van der Waals surface area (Å²) in [6.07, 6.45) is 16.7. The summed E-state index contributed by atoms with van der Waals surface area (Å²) in [5.41, 5.74) is 8.25. The molecule has 0 atom stereocenters. The molecule has 0 amide bonds. The first-order valence-corrected chi connectivity index (χ1v) is 18.9. The van der Waals surface area contributed by atoms with Crippen molar-refractivity contribution in [3.8, 4) is 0 Å². The Morgan fingerprint density at radius 2 is 0.362 bits per heavy atom. The Hall–Kier alpha value is -7.54. The van der Waals surface area contributed by atoms with E-state index in [1.54, 1.807) is 6.08 Å². The van der Waals surface area contributed by atoms with Crippen molar-refractivity contribution in [2.24, 2.45) is 0 Å². The Morgan fingerprint density at radius 3 is 0.483 bits per heavy atom. The van der Waals surface area contributed by atoms with Crippen molar-refractivity contribution in [3.63, 3.8) is 0 Å². The van der Waals surface area contributed by atoms with Gasteiger partial charge in [0.25, 0.3) is 0 Å². The molecule has 58 heavy (non-hydrogen) atoms. The highest BCUT2D eigenvalue weighted by atomic mass is 13.9. The Morgan fingerprint density at radius 1 is 0.207 bits per heavy atom. The van der Waals surface area contributed by atoms with Gasteiger partial charge in [-0.2, -0.15) is 0 Å².